The van der Waals surface area contributed by atoms with Gasteiger partial charge in [-0.3, -0.25) is 4.79 Å². The van der Waals surface area contributed by atoms with Crippen LogP contribution in [0.25, 0.3) is 0 Å². The molecule has 4 aliphatic carbocycles. The van der Waals surface area contributed by atoms with Gasteiger partial charge in [-0.15, -0.1) is 0 Å². The predicted molar refractivity (Wildman–Crippen MR) is 91.8 cm³/mol. The lowest BCUT2D eigenvalue weighted by Crippen LogP contribution is -2.57. The van der Waals surface area contributed by atoms with Gasteiger partial charge in [0, 0.05) is 11.8 Å². The van der Waals surface area contributed by atoms with Gasteiger partial charge in [-0.25, -0.2) is 0 Å². The normalized spacial score (nSPS) is 59.2. The molecule has 0 amide bonds. The average Bonchev–Trinajstić information content (AvgIpc) is 2.80. The zero-order chi connectivity index (χ0) is 16.6. The van der Waals surface area contributed by atoms with Crippen LogP contribution in [0.15, 0.2) is 0 Å². The molecule has 4 saturated carbocycles. The van der Waals surface area contributed by atoms with E-state index in [1.807, 2.05) is 0 Å². The Morgan fingerprint density at radius 2 is 1.57 bits per heavy atom. The minimum atomic E-state index is -0.0789. The van der Waals surface area contributed by atoms with Crippen molar-refractivity contribution >= 4 is 5.78 Å². The number of aliphatic hydroxyl groups is 1. The van der Waals surface area contributed by atoms with Gasteiger partial charge in [-0.1, -0.05) is 27.7 Å². The maximum Gasteiger partial charge on any atom is 0.138 e. The van der Waals surface area contributed by atoms with Gasteiger partial charge in [0.25, 0.3) is 0 Å². The van der Waals surface area contributed by atoms with Crippen LogP contribution in [-0.4, -0.2) is 17.0 Å². The van der Waals surface area contributed by atoms with Crippen LogP contribution in [0.2, 0.25) is 0 Å². The molecule has 4 fully saturated rings. The van der Waals surface area contributed by atoms with E-state index in [2.05, 4.69) is 27.7 Å². The van der Waals surface area contributed by atoms with Crippen LogP contribution in [0.3, 0.4) is 0 Å². The van der Waals surface area contributed by atoms with Crippen LogP contribution in [-0.2, 0) is 4.79 Å². The highest BCUT2D eigenvalue weighted by Gasteiger charge is 2.61. The fourth-order valence-corrected chi connectivity index (χ4v) is 7.99. The number of aliphatic hydroxyl groups excluding tert-OH is 1. The molecule has 2 nitrogen and oxygen atoms in total. The van der Waals surface area contributed by atoms with E-state index in [0.29, 0.717) is 17.1 Å². The molecular formula is C21H34O2. The highest BCUT2D eigenvalue weighted by Crippen LogP contribution is 2.66. The summed E-state index contributed by atoms with van der Waals surface area (Å²) in [4.78, 5) is 12.5. The van der Waals surface area contributed by atoms with Gasteiger partial charge in [0.05, 0.1) is 6.10 Å². The van der Waals surface area contributed by atoms with Crippen LogP contribution in [0.1, 0.15) is 72.6 Å². The van der Waals surface area contributed by atoms with Crippen molar-refractivity contribution in [1.82, 2.24) is 0 Å². The smallest absolute Gasteiger partial charge is 0.138 e. The second-order valence-electron chi connectivity index (χ2n) is 10.0. The fraction of sp³-hybridized carbons (Fsp3) is 0.952. The van der Waals surface area contributed by atoms with Crippen molar-refractivity contribution in [3.63, 3.8) is 0 Å². The van der Waals surface area contributed by atoms with Crippen molar-refractivity contribution in [2.24, 2.45) is 46.3 Å². The van der Waals surface area contributed by atoms with E-state index >= 15 is 0 Å². The maximum atomic E-state index is 12.5. The number of ketones is 1. The molecule has 4 unspecified atom stereocenters. The first-order valence-electron chi connectivity index (χ1n) is 10.0. The van der Waals surface area contributed by atoms with Gasteiger partial charge in [-0.05, 0) is 79.4 Å². The highest BCUT2D eigenvalue weighted by molar-refractivity contribution is 5.84. The maximum absolute atomic E-state index is 12.5. The van der Waals surface area contributed by atoms with E-state index in [9.17, 15) is 9.90 Å². The van der Waals surface area contributed by atoms with Crippen molar-refractivity contribution < 1.29 is 9.90 Å². The van der Waals surface area contributed by atoms with Crippen molar-refractivity contribution in [3.05, 3.63) is 0 Å². The first-order chi connectivity index (χ1) is 10.8. The van der Waals surface area contributed by atoms with Gasteiger partial charge < -0.3 is 5.11 Å². The Labute approximate surface area is 141 Å². The summed E-state index contributed by atoms with van der Waals surface area (Å²) in [6.45, 7) is 9.24. The molecular weight excluding hydrogens is 284 g/mol. The third kappa shape index (κ3) is 2.00. The standard InChI is InChI=1S/C21H34O2/c1-12-11-21(4)15(13(2)19(12)23)6-5-14-16-7-8-18(22)20(16,3)10-9-17(14)21/h12-18,22H,5-11H2,1-4H3/t12?,13?,14-,15?,16-,17-,18?,20-,21-/m0/s1. The van der Waals surface area contributed by atoms with Crippen molar-refractivity contribution in [3.8, 4) is 0 Å². The van der Waals surface area contributed by atoms with Gasteiger partial charge in [0.2, 0.25) is 0 Å². The van der Waals surface area contributed by atoms with Crippen LogP contribution >= 0.6 is 0 Å². The first kappa shape index (κ1) is 16.1. The number of hydrogen-bond acceptors (Lipinski definition) is 2. The molecule has 130 valence electrons. The van der Waals surface area contributed by atoms with Gasteiger partial charge >= 0.3 is 0 Å². The molecule has 0 spiro atoms. The van der Waals surface area contributed by atoms with Crippen molar-refractivity contribution in [2.75, 3.05) is 0 Å². The summed E-state index contributed by atoms with van der Waals surface area (Å²) < 4.78 is 0. The quantitative estimate of drug-likeness (QED) is 0.716. The molecule has 0 aromatic rings. The van der Waals surface area contributed by atoms with E-state index in [4.69, 9.17) is 0 Å². The Hall–Kier alpha value is -0.370. The molecule has 4 rings (SSSR count). The monoisotopic (exact) mass is 318 g/mol. The van der Waals surface area contributed by atoms with E-state index in [1.165, 1.54) is 32.1 Å². The van der Waals surface area contributed by atoms with Crippen LogP contribution in [0.4, 0.5) is 0 Å². The van der Waals surface area contributed by atoms with E-state index < -0.39 is 0 Å². The minimum Gasteiger partial charge on any atom is -0.393 e. The summed E-state index contributed by atoms with van der Waals surface area (Å²) in [6, 6.07) is 0. The average molecular weight is 319 g/mol. The largest absolute Gasteiger partial charge is 0.393 e. The van der Waals surface area contributed by atoms with Gasteiger partial charge in [-0.2, -0.15) is 0 Å². The van der Waals surface area contributed by atoms with Crippen molar-refractivity contribution in [1.29, 1.82) is 0 Å². The second kappa shape index (κ2) is 5.07. The molecule has 0 bridgehead atoms. The molecule has 23 heavy (non-hydrogen) atoms. The zero-order valence-corrected chi connectivity index (χ0v) is 15.3. The topological polar surface area (TPSA) is 37.3 Å². The summed E-state index contributed by atoms with van der Waals surface area (Å²) in [5, 5.41) is 10.5. The Bertz CT molecular complexity index is 514. The molecule has 0 aliphatic heterocycles. The lowest BCUT2D eigenvalue weighted by molar-refractivity contribution is -0.159. The molecule has 9 atom stereocenters. The Kier molecular flexibility index (Phi) is 3.55. The van der Waals surface area contributed by atoms with Crippen molar-refractivity contribution in [2.45, 2.75) is 78.7 Å². The van der Waals surface area contributed by atoms with E-state index in [1.54, 1.807) is 0 Å². The number of carbonyl (C=O) groups excluding carboxylic acids is 1. The molecule has 0 radical (unpaired) electrons. The summed E-state index contributed by atoms with van der Waals surface area (Å²) in [6.07, 6.45) is 8.26. The highest BCUT2D eigenvalue weighted by atomic mass is 16.3. The third-order valence-electron chi connectivity index (χ3n) is 9.18. The third-order valence-corrected chi connectivity index (χ3v) is 9.18. The molecule has 0 heterocycles. The lowest BCUT2D eigenvalue weighted by Gasteiger charge is -2.61. The molecule has 0 saturated heterocycles. The fourth-order valence-electron chi connectivity index (χ4n) is 7.99. The summed E-state index contributed by atoms with van der Waals surface area (Å²) in [5.74, 6) is 3.91. The lowest BCUT2D eigenvalue weighted by atomic mass is 9.43. The van der Waals surface area contributed by atoms with Gasteiger partial charge in [0.15, 0.2) is 0 Å². The summed E-state index contributed by atoms with van der Waals surface area (Å²) >= 11 is 0. The van der Waals surface area contributed by atoms with Crippen LogP contribution < -0.4 is 0 Å². The zero-order valence-electron chi connectivity index (χ0n) is 15.3. The molecule has 0 aromatic carbocycles. The van der Waals surface area contributed by atoms with E-state index in [-0.39, 0.29) is 23.4 Å². The number of fused-ring (bicyclic) bond motifs is 5. The summed E-state index contributed by atoms with van der Waals surface area (Å²) in [7, 11) is 0. The van der Waals surface area contributed by atoms with Crippen LogP contribution in [0.5, 0.6) is 0 Å². The Balaban J connectivity index is 1.67. The number of Topliss-reactive ketones (excluding diaryl/α,β-unsaturated/α-hetero) is 1. The molecule has 2 heteroatoms. The Morgan fingerprint density at radius 3 is 2.30 bits per heavy atom. The predicted octanol–water partition coefficient (Wildman–Crippen LogP) is 4.45. The van der Waals surface area contributed by atoms with Gasteiger partial charge in [0.1, 0.15) is 5.78 Å². The second-order valence-corrected chi connectivity index (χ2v) is 10.0. The first-order valence-corrected chi connectivity index (χ1v) is 10.0. The SMILES string of the molecule is CC1C[C@@]2(C)C(CC[C@@H]3[C@@H]2CC[C@]2(C)C(O)CC[C@@H]32)C(C)C1=O. The number of carbonyl (C=O) groups is 1. The number of rotatable bonds is 0. The molecule has 0 aromatic heterocycles. The molecule has 4 aliphatic rings. The minimum absolute atomic E-state index is 0.0789. The summed E-state index contributed by atoms with van der Waals surface area (Å²) in [5.41, 5.74) is 0.524. The molecule has 1 N–H and O–H groups in total. The van der Waals surface area contributed by atoms with Crippen LogP contribution in [0, 0.1) is 46.3 Å². The van der Waals surface area contributed by atoms with E-state index in [0.717, 1.165) is 30.6 Å². The number of hydrogen-bond donors (Lipinski definition) is 1. The Morgan fingerprint density at radius 1 is 0.913 bits per heavy atom.